The van der Waals surface area contributed by atoms with Crippen LogP contribution in [0.2, 0.25) is 10.0 Å². The Bertz CT molecular complexity index is 378. The first-order valence-corrected chi connectivity index (χ1v) is 6.43. The van der Waals surface area contributed by atoms with Crippen LogP contribution in [0.25, 0.3) is 0 Å². The number of hydrogen-bond acceptors (Lipinski definition) is 1. The van der Waals surface area contributed by atoms with Gasteiger partial charge in [-0.25, -0.2) is 0 Å². The van der Waals surface area contributed by atoms with Crippen molar-refractivity contribution in [2.45, 2.75) is 25.2 Å². The highest BCUT2D eigenvalue weighted by atomic mass is 35.5. The zero-order valence-electron chi connectivity index (χ0n) is 9.69. The number of benzene rings is 1. The van der Waals surface area contributed by atoms with Crippen LogP contribution in [0.1, 0.15) is 25.3 Å². The Kier molecular flexibility index (Phi) is 3.48. The Balaban J connectivity index is 2.33. The summed E-state index contributed by atoms with van der Waals surface area (Å²) in [4.78, 5) is 0. The lowest BCUT2D eigenvalue weighted by Crippen LogP contribution is -2.47. The summed E-state index contributed by atoms with van der Waals surface area (Å²) in [5, 5.41) is 4.79. The monoisotopic (exact) mass is 257 g/mol. The summed E-state index contributed by atoms with van der Waals surface area (Å²) in [6, 6.07) is 5.86. The fraction of sp³-hybridized carbons (Fsp3) is 0.538. The second kappa shape index (κ2) is 4.56. The summed E-state index contributed by atoms with van der Waals surface area (Å²) >= 11 is 12.2. The zero-order chi connectivity index (χ0) is 11.8. The van der Waals surface area contributed by atoms with E-state index in [1.165, 1.54) is 18.4 Å². The maximum absolute atomic E-state index is 6.30. The van der Waals surface area contributed by atoms with Gasteiger partial charge in [-0.1, -0.05) is 36.2 Å². The van der Waals surface area contributed by atoms with Gasteiger partial charge in [0, 0.05) is 22.0 Å². The van der Waals surface area contributed by atoms with Gasteiger partial charge in [-0.05, 0) is 43.5 Å². The van der Waals surface area contributed by atoms with Crippen LogP contribution in [0.15, 0.2) is 18.2 Å². The maximum Gasteiger partial charge on any atom is 0.0458 e. The molecule has 1 aromatic carbocycles. The van der Waals surface area contributed by atoms with Gasteiger partial charge in [-0.2, -0.15) is 0 Å². The predicted octanol–water partition coefficient (Wildman–Crippen LogP) is 3.88. The molecule has 1 aromatic rings. The average molecular weight is 258 g/mol. The summed E-state index contributed by atoms with van der Waals surface area (Å²) in [5.74, 6) is 0.792. The topological polar surface area (TPSA) is 12.0 Å². The molecule has 3 heteroatoms. The van der Waals surface area contributed by atoms with Crippen molar-refractivity contribution >= 4 is 23.2 Å². The maximum atomic E-state index is 6.30. The molecule has 0 radical (unpaired) electrons. The molecule has 1 nitrogen and oxygen atoms in total. The molecule has 0 heterocycles. The Morgan fingerprint density at radius 1 is 1.38 bits per heavy atom. The fourth-order valence-corrected chi connectivity index (χ4v) is 3.60. The van der Waals surface area contributed by atoms with Crippen LogP contribution in [0.4, 0.5) is 0 Å². The molecule has 2 rings (SSSR count). The molecule has 1 N–H and O–H groups in total. The second-order valence-corrected chi connectivity index (χ2v) is 5.79. The number of rotatable bonds is 3. The van der Waals surface area contributed by atoms with Gasteiger partial charge in [0.25, 0.3) is 0 Å². The lowest BCUT2D eigenvalue weighted by atomic mass is 9.59. The Labute approximate surface area is 107 Å². The first kappa shape index (κ1) is 12.2. The standard InChI is InChI=1S/C13H17Cl2N/c1-9-6-13(7-9,8-16-2)11-4-3-10(14)5-12(11)15/h3-5,9,16H,6-8H2,1-2H3. The minimum Gasteiger partial charge on any atom is -0.319 e. The van der Waals surface area contributed by atoms with Crippen LogP contribution in [-0.4, -0.2) is 13.6 Å². The molecule has 1 fully saturated rings. The number of likely N-dealkylation sites (N-methyl/N-ethyl adjacent to an activating group) is 1. The van der Waals surface area contributed by atoms with Gasteiger partial charge in [-0.3, -0.25) is 0 Å². The van der Waals surface area contributed by atoms with Crippen LogP contribution in [0.3, 0.4) is 0 Å². The third-order valence-electron chi connectivity index (χ3n) is 3.50. The average Bonchev–Trinajstić information content (AvgIpc) is 2.15. The molecule has 0 aromatic heterocycles. The summed E-state index contributed by atoms with van der Waals surface area (Å²) in [6.07, 6.45) is 2.41. The van der Waals surface area contributed by atoms with Crippen molar-refractivity contribution in [3.63, 3.8) is 0 Å². The summed E-state index contributed by atoms with van der Waals surface area (Å²) in [7, 11) is 1.99. The van der Waals surface area contributed by atoms with Gasteiger partial charge in [-0.15, -0.1) is 0 Å². The van der Waals surface area contributed by atoms with Gasteiger partial charge in [0.1, 0.15) is 0 Å². The molecule has 1 saturated carbocycles. The third kappa shape index (κ3) is 2.09. The molecule has 0 spiro atoms. The summed E-state index contributed by atoms with van der Waals surface area (Å²) < 4.78 is 0. The fourth-order valence-electron chi connectivity index (χ4n) is 2.99. The molecule has 0 aliphatic heterocycles. The van der Waals surface area contributed by atoms with E-state index in [9.17, 15) is 0 Å². The molecule has 1 aliphatic carbocycles. The summed E-state index contributed by atoms with van der Waals surface area (Å²) in [5.41, 5.74) is 1.46. The van der Waals surface area contributed by atoms with Crippen molar-refractivity contribution in [2.75, 3.05) is 13.6 Å². The first-order valence-electron chi connectivity index (χ1n) is 5.67. The molecular formula is C13H17Cl2N. The lowest BCUT2D eigenvalue weighted by molar-refractivity contribution is 0.155. The van der Waals surface area contributed by atoms with E-state index in [0.717, 1.165) is 17.5 Å². The number of halogens is 2. The van der Waals surface area contributed by atoms with E-state index >= 15 is 0 Å². The SMILES string of the molecule is CNCC1(c2ccc(Cl)cc2Cl)CC(C)C1. The highest BCUT2D eigenvalue weighted by Gasteiger charge is 2.43. The Hall–Kier alpha value is -0.240. The largest absolute Gasteiger partial charge is 0.319 e. The Morgan fingerprint density at radius 2 is 2.06 bits per heavy atom. The first-order chi connectivity index (χ1) is 7.57. The van der Waals surface area contributed by atoms with Crippen molar-refractivity contribution in [1.29, 1.82) is 0 Å². The highest BCUT2D eigenvalue weighted by molar-refractivity contribution is 6.35. The van der Waals surface area contributed by atoms with Gasteiger partial charge in [0.15, 0.2) is 0 Å². The summed E-state index contributed by atoms with van der Waals surface area (Å²) in [6.45, 7) is 3.27. The van der Waals surface area contributed by atoms with Crippen molar-refractivity contribution < 1.29 is 0 Å². The second-order valence-electron chi connectivity index (χ2n) is 4.95. The van der Waals surface area contributed by atoms with Crippen LogP contribution < -0.4 is 5.32 Å². The Morgan fingerprint density at radius 3 is 2.56 bits per heavy atom. The molecule has 1 aliphatic rings. The molecule has 0 amide bonds. The molecule has 88 valence electrons. The number of nitrogens with one attached hydrogen (secondary N) is 1. The van der Waals surface area contributed by atoms with Gasteiger partial charge >= 0.3 is 0 Å². The van der Waals surface area contributed by atoms with Crippen LogP contribution in [0.5, 0.6) is 0 Å². The minimum atomic E-state index is 0.218. The zero-order valence-corrected chi connectivity index (χ0v) is 11.2. The molecule has 0 saturated heterocycles. The molecule has 0 bridgehead atoms. The molecule has 0 atom stereocenters. The van der Waals surface area contributed by atoms with E-state index in [1.807, 2.05) is 19.2 Å². The molecule has 0 unspecified atom stereocenters. The minimum absolute atomic E-state index is 0.218. The quantitative estimate of drug-likeness (QED) is 0.867. The van der Waals surface area contributed by atoms with E-state index in [2.05, 4.69) is 18.3 Å². The predicted molar refractivity (Wildman–Crippen MR) is 70.5 cm³/mol. The van der Waals surface area contributed by atoms with Crippen LogP contribution >= 0.6 is 23.2 Å². The van der Waals surface area contributed by atoms with E-state index < -0.39 is 0 Å². The molecule has 16 heavy (non-hydrogen) atoms. The van der Waals surface area contributed by atoms with Gasteiger partial charge in [0.2, 0.25) is 0 Å². The third-order valence-corrected chi connectivity index (χ3v) is 4.04. The van der Waals surface area contributed by atoms with Crippen LogP contribution in [-0.2, 0) is 5.41 Å². The van der Waals surface area contributed by atoms with E-state index in [4.69, 9.17) is 23.2 Å². The van der Waals surface area contributed by atoms with Gasteiger partial charge in [0.05, 0.1) is 0 Å². The van der Waals surface area contributed by atoms with E-state index in [0.29, 0.717) is 5.02 Å². The number of hydrogen-bond donors (Lipinski definition) is 1. The van der Waals surface area contributed by atoms with Crippen molar-refractivity contribution in [2.24, 2.45) is 5.92 Å². The van der Waals surface area contributed by atoms with E-state index in [1.54, 1.807) is 0 Å². The lowest BCUT2D eigenvalue weighted by Gasteiger charge is -2.47. The van der Waals surface area contributed by atoms with Gasteiger partial charge < -0.3 is 5.32 Å². The van der Waals surface area contributed by atoms with Crippen molar-refractivity contribution in [1.82, 2.24) is 5.32 Å². The molecular weight excluding hydrogens is 241 g/mol. The van der Waals surface area contributed by atoms with Crippen molar-refractivity contribution in [3.8, 4) is 0 Å². The van der Waals surface area contributed by atoms with E-state index in [-0.39, 0.29) is 5.41 Å². The smallest absolute Gasteiger partial charge is 0.0458 e. The normalized spacial score (nSPS) is 28.9. The van der Waals surface area contributed by atoms with Crippen molar-refractivity contribution in [3.05, 3.63) is 33.8 Å². The highest BCUT2D eigenvalue weighted by Crippen LogP contribution is 2.49. The van der Waals surface area contributed by atoms with Crippen LogP contribution in [0, 0.1) is 5.92 Å².